The third kappa shape index (κ3) is 5.15. The van der Waals surface area contributed by atoms with Crippen LogP contribution in [0.3, 0.4) is 0 Å². The number of hydrogen-bond acceptors (Lipinski definition) is 6. The van der Waals surface area contributed by atoms with Crippen molar-refractivity contribution < 1.29 is 17.6 Å². The Morgan fingerprint density at radius 3 is 2.44 bits per heavy atom. The van der Waals surface area contributed by atoms with Gasteiger partial charge in [-0.25, -0.2) is 8.42 Å². The summed E-state index contributed by atoms with van der Waals surface area (Å²) in [5.41, 5.74) is 1.10. The van der Waals surface area contributed by atoms with Crippen molar-refractivity contribution in [2.75, 3.05) is 6.54 Å². The molecule has 0 unspecified atom stereocenters. The number of rotatable bonds is 7. The maximum absolute atomic E-state index is 12.4. The number of sulfone groups is 1. The highest BCUT2D eigenvalue weighted by Crippen LogP contribution is 2.17. The predicted octanol–water partition coefficient (Wildman–Crippen LogP) is 2.67. The third-order valence-corrected chi connectivity index (χ3v) is 5.31. The van der Waals surface area contributed by atoms with E-state index in [1.807, 2.05) is 6.07 Å². The second-order valence-electron chi connectivity index (χ2n) is 5.72. The van der Waals surface area contributed by atoms with Crippen molar-refractivity contribution in [2.45, 2.75) is 17.4 Å². The average molecular weight is 406 g/mol. The number of carbonyl (C=O) groups excluding carboxylic acids is 1. The van der Waals surface area contributed by atoms with Gasteiger partial charge in [0.1, 0.15) is 0 Å². The van der Waals surface area contributed by atoms with Crippen molar-refractivity contribution >= 4 is 27.3 Å². The molecule has 1 amide bonds. The van der Waals surface area contributed by atoms with Crippen LogP contribution in [0.5, 0.6) is 0 Å². The summed E-state index contributed by atoms with van der Waals surface area (Å²) in [6.45, 7) is 0.243. The molecule has 2 aromatic carbocycles. The second-order valence-corrected chi connectivity index (χ2v) is 8.02. The lowest BCUT2D eigenvalue weighted by Gasteiger charge is -2.03. The monoisotopic (exact) mass is 405 g/mol. The minimum absolute atomic E-state index is 0.137. The first kappa shape index (κ1) is 19.1. The highest BCUT2D eigenvalue weighted by molar-refractivity contribution is 7.90. The lowest BCUT2D eigenvalue weighted by atomic mass is 10.2. The molecule has 0 fully saturated rings. The molecule has 7 nitrogen and oxygen atoms in total. The van der Waals surface area contributed by atoms with Gasteiger partial charge in [-0.2, -0.15) is 0 Å². The molecule has 27 heavy (non-hydrogen) atoms. The van der Waals surface area contributed by atoms with Crippen molar-refractivity contribution in [1.82, 2.24) is 15.5 Å². The number of halogens is 1. The summed E-state index contributed by atoms with van der Waals surface area (Å²) in [6.07, 6.45) is 0.224. The van der Waals surface area contributed by atoms with E-state index < -0.39 is 15.1 Å². The van der Waals surface area contributed by atoms with E-state index in [0.717, 1.165) is 0 Å². The molecule has 3 aromatic rings. The summed E-state index contributed by atoms with van der Waals surface area (Å²) in [5.74, 6) is -0.361. The van der Waals surface area contributed by atoms with Crippen LogP contribution in [0, 0.1) is 0 Å². The molecule has 1 N–H and O–H groups in total. The molecule has 140 valence electrons. The largest absolute Gasteiger partial charge is 0.412 e. The molecular weight excluding hydrogens is 390 g/mol. The van der Waals surface area contributed by atoms with E-state index in [-0.39, 0.29) is 30.5 Å². The molecule has 0 spiro atoms. The fourth-order valence-corrected chi connectivity index (χ4v) is 3.57. The zero-order chi connectivity index (χ0) is 19.3. The smallest absolute Gasteiger partial charge is 0.335 e. The van der Waals surface area contributed by atoms with Gasteiger partial charge in [0.2, 0.25) is 15.7 Å². The number of carbonyl (C=O) groups is 1. The Hall–Kier alpha value is -2.71. The van der Waals surface area contributed by atoms with Gasteiger partial charge in [0.15, 0.2) is 0 Å². The molecule has 0 saturated carbocycles. The number of amides is 1. The Kier molecular flexibility index (Phi) is 5.88. The van der Waals surface area contributed by atoms with Crippen molar-refractivity contribution in [3.8, 4) is 0 Å². The molecule has 1 heterocycles. The highest BCUT2D eigenvalue weighted by Gasteiger charge is 2.23. The first-order chi connectivity index (χ1) is 12.9. The molecule has 0 bridgehead atoms. The molecule has 0 aliphatic heterocycles. The van der Waals surface area contributed by atoms with Gasteiger partial charge in [-0.3, -0.25) is 4.79 Å². The molecule has 0 radical (unpaired) electrons. The molecule has 0 aliphatic rings. The van der Waals surface area contributed by atoms with Gasteiger partial charge < -0.3 is 9.73 Å². The van der Waals surface area contributed by atoms with Crippen LogP contribution >= 0.6 is 11.6 Å². The van der Waals surface area contributed by atoms with Crippen LogP contribution < -0.4 is 5.32 Å². The summed E-state index contributed by atoms with van der Waals surface area (Å²) < 4.78 is 30.0. The fraction of sp³-hybridized carbons (Fsp3) is 0.167. The van der Waals surface area contributed by atoms with E-state index >= 15 is 0 Å². The van der Waals surface area contributed by atoms with Gasteiger partial charge >= 0.3 is 5.22 Å². The van der Waals surface area contributed by atoms with E-state index in [9.17, 15) is 13.2 Å². The van der Waals surface area contributed by atoms with Gasteiger partial charge in [-0.05, 0) is 29.8 Å². The Balaban J connectivity index is 1.57. The van der Waals surface area contributed by atoms with E-state index in [2.05, 4.69) is 15.5 Å². The number of nitrogens with one attached hydrogen (secondary N) is 1. The first-order valence-corrected chi connectivity index (χ1v) is 10.1. The molecule has 0 aliphatic carbocycles. The summed E-state index contributed by atoms with van der Waals surface area (Å²) in [7, 11) is -3.76. The Bertz CT molecular complexity index is 1020. The average Bonchev–Trinajstić information content (AvgIpc) is 3.14. The summed E-state index contributed by atoms with van der Waals surface area (Å²) in [4.78, 5) is 11.9. The minimum Gasteiger partial charge on any atom is -0.412 e. The van der Waals surface area contributed by atoms with Gasteiger partial charge in [0.05, 0.1) is 5.75 Å². The molecule has 1 aromatic heterocycles. The van der Waals surface area contributed by atoms with Crippen molar-refractivity contribution in [3.63, 3.8) is 0 Å². The molecule has 9 heteroatoms. The summed E-state index contributed by atoms with van der Waals surface area (Å²) in [6, 6.07) is 15.2. The van der Waals surface area contributed by atoms with Crippen LogP contribution in [0.15, 0.2) is 64.2 Å². The third-order valence-electron chi connectivity index (χ3n) is 3.64. The number of hydrogen-bond donors (Lipinski definition) is 1. The van der Waals surface area contributed by atoms with Crippen LogP contribution in [0.4, 0.5) is 0 Å². The zero-order valence-corrected chi connectivity index (χ0v) is 15.7. The predicted molar refractivity (Wildman–Crippen MR) is 99.1 cm³/mol. The lowest BCUT2D eigenvalue weighted by molar-refractivity contribution is 0.0953. The number of nitrogens with zero attached hydrogens (tertiary/aromatic N) is 2. The van der Waals surface area contributed by atoms with Crippen molar-refractivity contribution in [2.24, 2.45) is 0 Å². The Labute approximate surface area is 161 Å². The maximum atomic E-state index is 12.4. The molecule has 3 rings (SSSR count). The zero-order valence-electron chi connectivity index (χ0n) is 14.1. The van der Waals surface area contributed by atoms with E-state index in [1.54, 1.807) is 48.5 Å². The van der Waals surface area contributed by atoms with E-state index in [0.29, 0.717) is 16.1 Å². The van der Waals surface area contributed by atoms with Crippen molar-refractivity contribution in [3.05, 3.63) is 76.6 Å². The Morgan fingerprint density at radius 1 is 1.04 bits per heavy atom. The minimum atomic E-state index is -3.76. The summed E-state index contributed by atoms with van der Waals surface area (Å²) >= 11 is 5.79. The number of aromatic nitrogens is 2. The summed E-state index contributed by atoms with van der Waals surface area (Å²) in [5, 5.41) is 10.1. The normalized spacial score (nSPS) is 11.3. The van der Waals surface area contributed by atoms with Gasteiger partial charge in [0.25, 0.3) is 5.91 Å². The highest BCUT2D eigenvalue weighted by atomic mass is 35.5. The number of benzene rings is 2. The standard InChI is InChI=1S/C18H16ClN3O4S/c19-15-8-6-13(7-9-15)12-27(24,25)18-22-21-16(26-18)10-11-20-17(23)14-4-2-1-3-5-14/h1-9H,10-12H2,(H,20,23). The maximum Gasteiger partial charge on any atom is 0.335 e. The van der Waals surface area contributed by atoms with Gasteiger partial charge in [-0.1, -0.05) is 47.0 Å². The van der Waals surface area contributed by atoms with Crippen LogP contribution in [0.1, 0.15) is 21.8 Å². The van der Waals surface area contributed by atoms with Gasteiger partial charge in [-0.15, -0.1) is 5.10 Å². The molecule has 0 atom stereocenters. The van der Waals surface area contributed by atoms with Crippen molar-refractivity contribution in [1.29, 1.82) is 0 Å². The fourth-order valence-electron chi connectivity index (χ4n) is 2.30. The Morgan fingerprint density at radius 2 is 1.74 bits per heavy atom. The molecular formula is C18H16ClN3O4S. The topological polar surface area (TPSA) is 102 Å². The van der Waals surface area contributed by atoms with Crippen LogP contribution in [0.2, 0.25) is 5.02 Å². The van der Waals surface area contributed by atoms with Crippen LogP contribution in [-0.2, 0) is 22.0 Å². The van der Waals surface area contributed by atoms with Crippen LogP contribution in [-0.4, -0.2) is 31.1 Å². The second kappa shape index (κ2) is 8.32. The quantitative estimate of drug-likeness (QED) is 0.648. The van der Waals surface area contributed by atoms with E-state index in [4.69, 9.17) is 16.0 Å². The first-order valence-electron chi connectivity index (χ1n) is 8.07. The lowest BCUT2D eigenvalue weighted by Crippen LogP contribution is -2.25. The SMILES string of the molecule is O=C(NCCc1nnc(S(=O)(=O)Cc2ccc(Cl)cc2)o1)c1ccccc1. The van der Waals surface area contributed by atoms with Gasteiger partial charge in [0, 0.05) is 23.6 Å². The van der Waals surface area contributed by atoms with E-state index in [1.165, 1.54) is 0 Å². The molecule has 0 saturated heterocycles. The van der Waals surface area contributed by atoms with Crippen LogP contribution in [0.25, 0.3) is 0 Å².